The van der Waals surface area contributed by atoms with Gasteiger partial charge in [-0.05, 0) is 35.4 Å². The second-order valence-electron chi connectivity index (χ2n) is 5.25. The molecule has 1 heterocycles. The zero-order valence-corrected chi connectivity index (χ0v) is 13.8. The lowest BCUT2D eigenvalue weighted by Crippen LogP contribution is -2.25. The Bertz CT molecular complexity index is 747. The Morgan fingerprint density at radius 1 is 1.17 bits per heavy atom. The SMILES string of the molecule is O=C(Cc1ccc(Cl)cc1)NCc1ccc2c(c1)NC(=O)CS2. The van der Waals surface area contributed by atoms with Gasteiger partial charge >= 0.3 is 0 Å². The van der Waals surface area contributed by atoms with E-state index in [0.29, 0.717) is 23.7 Å². The Morgan fingerprint density at radius 2 is 1.91 bits per heavy atom. The second-order valence-corrected chi connectivity index (χ2v) is 6.70. The Labute approximate surface area is 143 Å². The van der Waals surface area contributed by atoms with Gasteiger partial charge in [-0.2, -0.15) is 0 Å². The summed E-state index contributed by atoms with van der Waals surface area (Å²) in [4.78, 5) is 24.5. The number of halogens is 1. The van der Waals surface area contributed by atoms with Crippen molar-refractivity contribution in [1.82, 2.24) is 5.32 Å². The van der Waals surface area contributed by atoms with Gasteiger partial charge in [0.1, 0.15) is 0 Å². The molecule has 0 radical (unpaired) electrons. The number of anilines is 1. The molecule has 3 rings (SSSR count). The van der Waals surface area contributed by atoms with E-state index in [1.165, 1.54) is 11.8 Å². The number of benzene rings is 2. The lowest BCUT2D eigenvalue weighted by atomic mass is 10.1. The number of hydrogen-bond donors (Lipinski definition) is 2. The molecule has 2 aromatic rings. The average molecular weight is 347 g/mol. The van der Waals surface area contributed by atoms with Crippen molar-refractivity contribution >= 4 is 40.9 Å². The van der Waals surface area contributed by atoms with Crippen molar-refractivity contribution in [3.05, 3.63) is 58.6 Å². The summed E-state index contributed by atoms with van der Waals surface area (Å²) in [6.07, 6.45) is 0.314. The predicted octanol–water partition coefficient (Wildman–Crippen LogP) is 3.24. The van der Waals surface area contributed by atoms with Crippen molar-refractivity contribution in [1.29, 1.82) is 0 Å². The lowest BCUT2D eigenvalue weighted by molar-refractivity contribution is -0.120. The van der Waals surface area contributed by atoms with Gasteiger partial charge in [-0.3, -0.25) is 9.59 Å². The molecule has 0 bridgehead atoms. The lowest BCUT2D eigenvalue weighted by Gasteiger charge is -2.17. The Hall–Kier alpha value is -1.98. The van der Waals surface area contributed by atoms with Gasteiger partial charge < -0.3 is 10.6 Å². The van der Waals surface area contributed by atoms with Crippen LogP contribution < -0.4 is 10.6 Å². The van der Waals surface area contributed by atoms with Crippen LogP contribution in [0.5, 0.6) is 0 Å². The second kappa shape index (κ2) is 7.06. The molecule has 0 unspecified atom stereocenters. The summed E-state index contributed by atoms with van der Waals surface area (Å²) in [5, 5.41) is 6.39. The minimum atomic E-state index is -0.0524. The van der Waals surface area contributed by atoms with E-state index in [2.05, 4.69) is 10.6 Å². The molecular weight excluding hydrogens is 332 g/mol. The topological polar surface area (TPSA) is 58.2 Å². The summed E-state index contributed by atoms with van der Waals surface area (Å²) < 4.78 is 0. The van der Waals surface area contributed by atoms with Crippen LogP contribution in [0.1, 0.15) is 11.1 Å². The zero-order chi connectivity index (χ0) is 16.2. The molecule has 23 heavy (non-hydrogen) atoms. The number of nitrogens with one attached hydrogen (secondary N) is 2. The molecule has 0 aliphatic carbocycles. The number of hydrogen-bond acceptors (Lipinski definition) is 3. The van der Waals surface area contributed by atoms with Crippen LogP contribution in [0.25, 0.3) is 0 Å². The molecule has 118 valence electrons. The number of fused-ring (bicyclic) bond motifs is 1. The van der Waals surface area contributed by atoms with Crippen LogP contribution in [0, 0.1) is 0 Å². The van der Waals surface area contributed by atoms with Crippen molar-refractivity contribution in [2.24, 2.45) is 0 Å². The van der Waals surface area contributed by atoms with Crippen LogP contribution in [0.2, 0.25) is 5.02 Å². The molecule has 0 saturated heterocycles. The third-order valence-corrected chi connectivity index (χ3v) is 4.77. The van der Waals surface area contributed by atoms with Gasteiger partial charge in [-0.25, -0.2) is 0 Å². The van der Waals surface area contributed by atoms with E-state index in [9.17, 15) is 9.59 Å². The fourth-order valence-corrected chi connectivity index (χ4v) is 3.21. The van der Waals surface area contributed by atoms with E-state index in [1.807, 2.05) is 30.3 Å². The molecule has 1 aliphatic heterocycles. The largest absolute Gasteiger partial charge is 0.352 e. The molecular formula is C17H15ClN2O2S. The van der Waals surface area contributed by atoms with E-state index in [4.69, 9.17) is 11.6 Å². The number of rotatable bonds is 4. The van der Waals surface area contributed by atoms with Crippen molar-refractivity contribution in [2.75, 3.05) is 11.1 Å². The minimum absolute atomic E-state index is 0.00595. The standard InChI is InChI=1S/C17H15ClN2O2S/c18-13-4-1-11(2-5-13)8-16(21)19-9-12-3-6-15-14(7-12)20-17(22)10-23-15/h1-7H,8-10H2,(H,19,21)(H,20,22). The smallest absolute Gasteiger partial charge is 0.234 e. The molecule has 0 spiro atoms. The summed E-state index contributed by atoms with van der Waals surface area (Å²) in [5.41, 5.74) is 2.69. The maximum absolute atomic E-state index is 12.0. The first-order valence-corrected chi connectivity index (χ1v) is 8.53. The summed E-state index contributed by atoms with van der Waals surface area (Å²) >= 11 is 7.35. The van der Waals surface area contributed by atoms with Crippen molar-refractivity contribution in [3.63, 3.8) is 0 Å². The van der Waals surface area contributed by atoms with E-state index in [0.717, 1.165) is 21.7 Å². The van der Waals surface area contributed by atoms with Crippen LogP contribution in [-0.4, -0.2) is 17.6 Å². The van der Waals surface area contributed by atoms with E-state index in [1.54, 1.807) is 12.1 Å². The fourth-order valence-electron chi connectivity index (χ4n) is 2.29. The highest BCUT2D eigenvalue weighted by atomic mass is 35.5. The highest BCUT2D eigenvalue weighted by Gasteiger charge is 2.15. The van der Waals surface area contributed by atoms with Gasteiger partial charge in [0.05, 0.1) is 17.9 Å². The van der Waals surface area contributed by atoms with E-state index >= 15 is 0 Å². The number of thioether (sulfide) groups is 1. The van der Waals surface area contributed by atoms with Crippen molar-refractivity contribution in [3.8, 4) is 0 Å². The average Bonchev–Trinajstić information content (AvgIpc) is 2.54. The summed E-state index contributed by atoms with van der Waals surface area (Å²) in [6, 6.07) is 13.1. The monoisotopic (exact) mass is 346 g/mol. The van der Waals surface area contributed by atoms with Gasteiger partial charge in [0, 0.05) is 16.5 Å². The Balaban J connectivity index is 1.57. The normalized spacial score (nSPS) is 13.2. The molecule has 2 amide bonds. The number of amides is 2. The first-order valence-electron chi connectivity index (χ1n) is 7.17. The summed E-state index contributed by atoms with van der Waals surface area (Å²) in [7, 11) is 0. The Morgan fingerprint density at radius 3 is 2.70 bits per heavy atom. The Kier molecular flexibility index (Phi) is 4.88. The fraction of sp³-hybridized carbons (Fsp3) is 0.176. The van der Waals surface area contributed by atoms with Crippen LogP contribution in [0.3, 0.4) is 0 Å². The van der Waals surface area contributed by atoms with Crippen molar-refractivity contribution < 1.29 is 9.59 Å². The molecule has 4 nitrogen and oxygen atoms in total. The molecule has 0 saturated carbocycles. The van der Waals surface area contributed by atoms with E-state index in [-0.39, 0.29) is 11.8 Å². The summed E-state index contributed by atoms with van der Waals surface area (Å²) in [5.74, 6) is 0.402. The molecule has 0 aromatic heterocycles. The molecule has 0 atom stereocenters. The molecule has 6 heteroatoms. The highest BCUT2D eigenvalue weighted by Crippen LogP contribution is 2.31. The number of carbonyl (C=O) groups is 2. The maximum Gasteiger partial charge on any atom is 0.234 e. The van der Waals surface area contributed by atoms with Gasteiger partial charge in [0.25, 0.3) is 0 Å². The zero-order valence-electron chi connectivity index (χ0n) is 12.3. The first-order chi connectivity index (χ1) is 11.1. The molecule has 0 fully saturated rings. The molecule has 2 aromatic carbocycles. The quantitative estimate of drug-likeness (QED) is 0.893. The molecule has 1 aliphatic rings. The van der Waals surface area contributed by atoms with Gasteiger partial charge in [-0.15, -0.1) is 11.8 Å². The van der Waals surface area contributed by atoms with Crippen LogP contribution in [-0.2, 0) is 22.6 Å². The number of carbonyl (C=O) groups excluding carboxylic acids is 2. The van der Waals surface area contributed by atoms with E-state index < -0.39 is 0 Å². The van der Waals surface area contributed by atoms with Crippen molar-refractivity contribution in [2.45, 2.75) is 17.9 Å². The minimum Gasteiger partial charge on any atom is -0.352 e. The van der Waals surface area contributed by atoms with Gasteiger partial charge in [0.15, 0.2) is 0 Å². The predicted molar refractivity (Wildman–Crippen MR) is 92.8 cm³/mol. The maximum atomic E-state index is 12.0. The van der Waals surface area contributed by atoms with Gasteiger partial charge in [-0.1, -0.05) is 29.8 Å². The van der Waals surface area contributed by atoms with Crippen LogP contribution in [0.15, 0.2) is 47.4 Å². The first kappa shape index (κ1) is 15.9. The van der Waals surface area contributed by atoms with Gasteiger partial charge in [0.2, 0.25) is 11.8 Å². The van der Waals surface area contributed by atoms with Crippen LogP contribution in [0.4, 0.5) is 5.69 Å². The molecule has 2 N–H and O–H groups in total. The third-order valence-electron chi connectivity index (χ3n) is 3.44. The summed E-state index contributed by atoms with van der Waals surface area (Å²) in [6.45, 7) is 0.431. The highest BCUT2D eigenvalue weighted by molar-refractivity contribution is 8.00. The third kappa shape index (κ3) is 4.27. The van der Waals surface area contributed by atoms with Crippen LogP contribution >= 0.6 is 23.4 Å².